The van der Waals surface area contributed by atoms with Gasteiger partial charge < -0.3 is 0 Å². The van der Waals surface area contributed by atoms with Crippen LogP contribution in [0, 0.1) is 17.3 Å². The SMILES string of the molecule is CC(C)C(Br)C1CCC(C)(C)C1. The second kappa shape index (κ2) is 3.69. The molecule has 2 atom stereocenters. The third-order valence-electron chi connectivity index (χ3n) is 3.09. The van der Waals surface area contributed by atoms with Gasteiger partial charge >= 0.3 is 0 Å². The lowest BCUT2D eigenvalue weighted by Gasteiger charge is -2.23. The molecule has 1 aliphatic rings. The molecule has 0 heterocycles. The summed E-state index contributed by atoms with van der Waals surface area (Å²) in [4.78, 5) is 0.735. The third kappa shape index (κ3) is 2.48. The summed E-state index contributed by atoms with van der Waals surface area (Å²) < 4.78 is 0. The molecule has 0 aromatic carbocycles. The molecule has 0 spiro atoms. The van der Waals surface area contributed by atoms with Crippen LogP contribution in [0.4, 0.5) is 0 Å². The quantitative estimate of drug-likeness (QED) is 0.626. The molecule has 0 nitrogen and oxygen atoms in total. The summed E-state index contributed by atoms with van der Waals surface area (Å²) in [5.74, 6) is 1.70. The fraction of sp³-hybridized carbons (Fsp3) is 1.00. The first-order valence-electron chi connectivity index (χ1n) is 5.06. The van der Waals surface area contributed by atoms with Gasteiger partial charge in [0.05, 0.1) is 0 Å². The van der Waals surface area contributed by atoms with Crippen LogP contribution in [0.25, 0.3) is 0 Å². The van der Waals surface area contributed by atoms with E-state index in [1.165, 1.54) is 19.3 Å². The third-order valence-corrected chi connectivity index (χ3v) is 4.90. The average molecular weight is 233 g/mol. The van der Waals surface area contributed by atoms with E-state index in [-0.39, 0.29) is 0 Å². The molecule has 0 radical (unpaired) electrons. The lowest BCUT2D eigenvalue weighted by molar-refractivity contribution is 0.345. The van der Waals surface area contributed by atoms with Crippen molar-refractivity contribution < 1.29 is 0 Å². The van der Waals surface area contributed by atoms with E-state index in [0.29, 0.717) is 5.41 Å². The van der Waals surface area contributed by atoms with Crippen molar-refractivity contribution in [2.75, 3.05) is 0 Å². The molecule has 0 bridgehead atoms. The van der Waals surface area contributed by atoms with Gasteiger partial charge in [0, 0.05) is 4.83 Å². The molecular weight excluding hydrogens is 212 g/mol. The molecule has 0 amide bonds. The normalized spacial score (nSPS) is 31.0. The minimum Gasteiger partial charge on any atom is -0.0885 e. The molecule has 12 heavy (non-hydrogen) atoms. The van der Waals surface area contributed by atoms with Crippen molar-refractivity contribution in [2.45, 2.75) is 51.8 Å². The van der Waals surface area contributed by atoms with Crippen molar-refractivity contribution in [3.8, 4) is 0 Å². The van der Waals surface area contributed by atoms with Crippen molar-refractivity contribution in [2.24, 2.45) is 17.3 Å². The number of rotatable bonds is 2. The van der Waals surface area contributed by atoms with Crippen molar-refractivity contribution >= 4 is 15.9 Å². The highest BCUT2D eigenvalue weighted by atomic mass is 79.9. The molecule has 0 saturated heterocycles. The lowest BCUT2D eigenvalue weighted by atomic mass is 9.88. The fourth-order valence-electron chi connectivity index (χ4n) is 2.31. The summed E-state index contributed by atoms with van der Waals surface area (Å²) in [5, 5.41) is 0. The molecule has 1 heteroatoms. The smallest absolute Gasteiger partial charge is 0.0197 e. The van der Waals surface area contributed by atoms with Gasteiger partial charge in [0.25, 0.3) is 0 Å². The summed E-state index contributed by atoms with van der Waals surface area (Å²) >= 11 is 3.82. The summed E-state index contributed by atoms with van der Waals surface area (Å²) in [6.45, 7) is 9.41. The van der Waals surface area contributed by atoms with Crippen LogP contribution < -0.4 is 0 Å². The van der Waals surface area contributed by atoms with E-state index >= 15 is 0 Å². The Kier molecular flexibility index (Phi) is 3.25. The highest BCUT2D eigenvalue weighted by Crippen LogP contribution is 2.45. The predicted octanol–water partition coefficient (Wildman–Crippen LogP) is 4.23. The van der Waals surface area contributed by atoms with Crippen molar-refractivity contribution in [3.05, 3.63) is 0 Å². The zero-order valence-corrected chi connectivity index (χ0v) is 10.3. The molecule has 1 fully saturated rings. The molecule has 0 N–H and O–H groups in total. The summed E-state index contributed by atoms with van der Waals surface area (Å²) in [7, 11) is 0. The fourth-order valence-corrected chi connectivity index (χ4v) is 2.76. The molecule has 0 aromatic heterocycles. The maximum atomic E-state index is 3.82. The number of halogens is 1. The van der Waals surface area contributed by atoms with Gasteiger partial charge in [0.1, 0.15) is 0 Å². The largest absolute Gasteiger partial charge is 0.0885 e. The van der Waals surface area contributed by atoms with Gasteiger partial charge in [0.2, 0.25) is 0 Å². The maximum absolute atomic E-state index is 3.82. The van der Waals surface area contributed by atoms with Crippen molar-refractivity contribution in [1.82, 2.24) is 0 Å². The highest BCUT2D eigenvalue weighted by Gasteiger charge is 2.35. The Hall–Kier alpha value is 0.480. The van der Waals surface area contributed by atoms with Crippen LogP contribution in [0.3, 0.4) is 0 Å². The molecule has 1 rings (SSSR count). The number of hydrogen-bond donors (Lipinski definition) is 0. The van der Waals surface area contributed by atoms with Crippen LogP contribution in [0.15, 0.2) is 0 Å². The van der Waals surface area contributed by atoms with Gasteiger partial charge in [-0.15, -0.1) is 0 Å². The second-order valence-corrected chi connectivity index (χ2v) is 6.41. The Balaban J connectivity index is 2.47. The minimum absolute atomic E-state index is 0.603. The lowest BCUT2D eigenvalue weighted by Crippen LogP contribution is -2.18. The van der Waals surface area contributed by atoms with Gasteiger partial charge in [-0.2, -0.15) is 0 Å². The first-order valence-corrected chi connectivity index (χ1v) is 5.98. The Labute approximate surface area is 85.3 Å². The minimum atomic E-state index is 0.603. The van der Waals surface area contributed by atoms with Crippen LogP contribution in [-0.2, 0) is 0 Å². The Morgan fingerprint density at radius 2 is 1.92 bits per heavy atom. The van der Waals surface area contributed by atoms with E-state index in [1.54, 1.807) is 0 Å². The highest BCUT2D eigenvalue weighted by molar-refractivity contribution is 9.09. The van der Waals surface area contributed by atoms with E-state index in [1.807, 2.05) is 0 Å². The standard InChI is InChI=1S/C11H21Br/c1-8(2)10(12)9-5-6-11(3,4)7-9/h8-10H,5-7H2,1-4H3. The van der Waals surface area contributed by atoms with E-state index in [4.69, 9.17) is 0 Å². The monoisotopic (exact) mass is 232 g/mol. The molecule has 0 aliphatic heterocycles. The second-order valence-electron chi connectivity index (χ2n) is 5.36. The summed E-state index contributed by atoms with van der Waals surface area (Å²) in [5.41, 5.74) is 0.603. The first kappa shape index (κ1) is 10.6. The van der Waals surface area contributed by atoms with Crippen LogP contribution in [0.1, 0.15) is 47.0 Å². The van der Waals surface area contributed by atoms with Crippen LogP contribution in [0.5, 0.6) is 0 Å². The molecule has 1 saturated carbocycles. The molecule has 2 unspecified atom stereocenters. The van der Waals surface area contributed by atoms with Gasteiger partial charge in [0.15, 0.2) is 0 Å². The molecular formula is C11H21Br. The molecule has 72 valence electrons. The van der Waals surface area contributed by atoms with Crippen LogP contribution >= 0.6 is 15.9 Å². The van der Waals surface area contributed by atoms with Gasteiger partial charge in [-0.05, 0) is 36.5 Å². The number of hydrogen-bond acceptors (Lipinski definition) is 0. The van der Waals surface area contributed by atoms with E-state index in [2.05, 4.69) is 43.6 Å². The van der Waals surface area contributed by atoms with E-state index < -0.39 is 0 Å². The van der Waals surface area contributed by atoms with Crippen LogP contribution in [0.2, 0.25) is 0 Å². The zero-order valence-electron chi connectivity index (χ0n) is 8.73. The Morgan fingerprint density at radius 1 is 1.33 bits per heavy atom. The summed E-state index contributed by atoms with van der Waals surface area (Å²) in [6.07, 6.45) is 4.23. The van der Waals surface area contributed by atoms with Gasteiger partial charge in [-0.1, -0.05) is 43.6 Å². The Bertz CT molecular complexity index is 149. The average Bonchev–Trinajstić information content (AvgIpc) is 2.28. The maximum Gasteiger partial charge on any atom is 0.0197 e. The Morgan fingerprint density at radius 3 is 2.25 bits per heavy atom. The van der Waals surface area contributed by atoms with Crippen LogP contribution in [-0.4, -0.2) is 4.83 Å². The first-order chi connectivity index (χ1) is 5.42. The van der Waals surface area contributed by atoms with Gasteiger partial charge in [-0.25, -0.2) is 0 Å². The molecule has 1 aliphatic carbocycles. The van der Waals surface area contributed by atoms with E-state index in [9.17, 15) is 0 Å². The molecule has 0 aromatic rings. The van der Waals surface area contributed by atoms with Crippen molar-refractivity contribution in [1.29, 1.82) is 0 Å². The topological polar surface area (TPSA) is 0 Å². The van der Waals surface area contributed by atoms with Crippen molar-refractivity contribution in [3.63, 3.8) is 0 Å². The summed E-state index contributed by atoms with van der Waals surface area (Å²) in [6, 6.07) is 0. The zero-order chi connectivity index (χ0) is 9.35. The van der Waals surface area contributed by atoms with E-state index in [0.717, 1.165) is 16.7 Å². The van der Waals surface area contributed by atoms with Gasteiger partial charge in [-0.3, -0.25) is 0 Å². The number of alkyl halides is 1. The predicted molar refractivity (Wildman–Crippen MR) is 58.7 cm³/mol.